The van der Waals surface area contributed by atoms with E-state index in [0.717, 1.165) is 28.6 Å². The van der Waals surface area contributed by atoms with E-state index in [0.29, 0.717) is 12.0 Å². The zero-order valence-electron chi connectivity index (χ0n) is 11.8. The summed E-state index contributed by atoms with van der Waals surface area (Å²) in [6.45, 7) is 0. The lowest BCUT2D eigenvalue weighted by Gasteiger charge is -2.20. The van der Waals surface area contributed by atoms with Crippen molar-refractivity contribution in [3.8, 4) is 0 Å². The summed E-state index contributed by atoms with van der Waals surface area (Å²) in [5.74, 6) is 3.39. The molecule has 0 radical (unpaired) electrons. The maximum atomic E-state index is 4.65. The lowest BCUT2D eigenvalue weighted by molar-refractivity contribution is 0.566. The molecule has 0 aliphatic heterocycles. The van der Waals surface area contributed by atoms with E-state index in [1.54, 1.807) is 0 Å². The van der Waals surface area contributed by atoms with Gasteiger partial charge in [-0.15, -0.1) is 0 Å². The van der Waals surface area contributed by atoms with Gasteiger partial charge in [0.25, 0.3) is 0 Å². The third-order valence-electron chi connectivity index (χ3n) is 4.39. The number of nitrogens with one attached hydrogen (secondary N) is 2. The fraction of sp³-hybridized carbons (Fsp3) is 0.500. The Morgan fingerprint density at radius 2 is 1.75 bits per heavy atom. The minimum atomic E-state index is 0.609. The SMILES string of the molecule is CNc1nc(NC(C2CC2)C2CC2)c2ccccc2n1. The van der Waals surface area contributed by atoms with Gasteiger partial charge in [-0.25, -0.2) is 4.98 Å². The molecule has 4 rings (SSSR count). The van der Waals surface area contributed by atoms with Crippen molar-refractivity contribution in [1.82, 2.24) is 9.97 Å². The molecule has 104 valence electrons. The van der Waals surface area contributed by atoms with Gasteiger partial charge in [0.1, 0.15) is 5.82 Å². The van der Waals surface area contributed by atoms with E-state index in [1.165, 1.54) is 25.7 Å². The first-order valence-electron chi connectivity index (χ1n) is 7.56. The summed E-state index contributed by atoms with van der Waals surface area (Å²) in [5, 5.41) is 7.91. The van der Waals surface area contributed by atoms with Crippen LogP contribution in [0.2, 0.25) is 0 Å². The molecule has 4 heteroatoms. The van der Waals surface area contributed by atoms with Gasteiger partial charge in [0.15, 0.2) is 0 Å². The van der Waals surface area contributed by atoms with E-state index in [4.69, 9.17) is 0 Å². The van der Waals surface area contributed by atoms with Crippen LogP contribution in [0.15, 0.2) is 24.3 Å². The number of fused-ring (bicyclic) bond motifs is 1. The summed E-state index contributed by atoms with van der Waals surface area (Å²) in [5.41, 5.74) is 1.000. The van der Waals surface area contributed by atoms with Crippen LogP contribution < -0.4 is 10.6 Å². The van der Waals surface area contributed by atoms with Crippen LogP contribution in [0, 0.1) is 11.8 Å². The van der Waals surface area contributed by atoms with Gasteiger partial charge in [0.2, 0.25) is 5.95 Å². The number of hydrogen-bond acceptors (Lipinski definition) is 4. The molecule has 0 unspecified atom stereocenters. The second kappa shape index (κ2) is 4.62. The van der Waals surface area contributed by atoms with E-state index in [-0.39, 0.29) is 0 Å². The predicted molar refractivity (Wildman–Crippen MR) is 81.9 cm³/mol. The van der Waals surface area contributed by atoms with E-state index in [2.05, 4.69) is 32.7 Å². The average molecular weight is 268 g/mol. The summed E-state index contributed by atoms with van der Waals surface area (Å²) < 4.78 is 0. The van der Waals surface area contributed by atoms with Crippen LogP contribution in [0.25, 0.3) is 10.9 Å². The molecule has 2 aromatic rings. The number of nitrogens with zero attached hydrogens (tertiary/aromatic N) is 2. The Kier molecular flexibility index (Phi) is 2.76. The highest BCUT2D eigenvalue weighted by molar-refractivity contribution is 5.90. The van der Waals surface area contributed by atoms with E-state index >= 15 is 0 Å². The standard InChI is InChI=1S/C16H20N4/c1-17-16-18-13-5-3-2-4-12(13)15(20-16)19-14(10-6-7-10)11-8-9-11/h2-5,10-11,14H,6-9H2,1H3,(H2,17,18,19,20). The van der Waals surface area contributed by atoms with Crippen LogP contribution in [0.5, 0.6) is 0 Å². The highest BCUT2D eigenvalue weighted by Gasteiger charge is 2.41. The molecule has 0 bridgehead atoms. The highest BCUT2D eigenvalue weighted by atomic mass is 15.1. The van der Waals surface area contributed by atoms with Gasteiger partial charge < -0.3 is 10.6 Å². The minimum absolute atomic E-state index is 0.609. The van der Waals surface area contributed by atoms with Crippen molar-refractivity contribution in [3.05, 3.63) is 24.3 Å². The summed E-state index contributed by atoms with van der Waals surface area (Å²) >= 11 is 0. The second-order valence-electron chi connectivity index (χ2n) is 6.01. The second-order valence-corrected chi connectivity index (χ2v) is 6.01. The molecule has 0 atom stereocenters. The summed E-state index contributed by atoms with van der Waals surface area (Å²) in [6, 6.07) is 8.84. The van der Waals surface area contributed by atoms with Gasteiger partial charge in [0.05, 0.1) is 5.52 Å². The van der Waals surface area contributed by atoms with Crippen molar-refractivity contribution in [2.24, 2.45) is 11.8 Å². The number of rotatable bonds is 5. The van der Waals surface area contributed by atoms with E-state index < -0.39 is 0 Å². The molecule has 0 spiro atoms. The maximum Gasteiger partial charge on any atom is 0.224 e. The zero-order valence-corrected chi connectivity index (χ0v) is 11.8. The molecule has 1 heterocycles. The molecule has 2 fully saturated rings. The van der Waals surface area contributed by atoms with Crippen molar-refractivity contribution in [3.63, 3.8) is 0 Å². The smallest absolute Gasteiger partial charge is 0.224 e. The Hall–Kier alpha value is -1.84. The van der Waals surface area contributed by atoms with E-state index in [1.807, 2.05) is 19.2 Å². The molecule has 0 amide bonds. The average Bonchev–Trinajstić information content (AvgIpc) is 3.37. The Morgan fingerprint density at radius 1 is 1.05 bits per heavy atom. The monoisotopic (exact) mass is 268 g/mol. The minimum Gasteiger partial charge on any atom is -0.366 e. The molecule has 20 heavy (non-hydrogen) atoms. The van der Waals surface area contributed by atoms with Gasteiger partial charge in [-0.05, 0) is 49.7 Å². The van der Waals surface area contributed by atoms with Crippen molar-refractivity contribution in [2.45, 2.75) is 31.7 Å². The van der Waals surface area contributed by atoms with Crippen LogP contribution >= 0.6 is 0 Å². The van der Waals surface area contributed by atoms with Crippen LogP contribution in [0.3, 0.4) is 0 Å². The molecule has 2 aliphatic rings. The molecule has 2 saturated carbocycles. The third-order valence-corrected chi connectivity index (χ3v) is 4.39. The largest absolute Gasteiger partial charge is 0.366 e. The number of hydrogen-bond donors (Lipinski definition) is 2. The first kappa shape index (κ1) is 11.9. The third kappa shape index (κ3) is 2.19. The van der Waals surface area contributed by atoms with Gasteiger partial charge in [-0.3, -0.25) is 0 Å². The Labute approximate surface area is 119 Å². The first-order valence-corrected chi connectivity index (χ1v) is 7.56. The summed E-state index contributed by atoms with van der Waals surface area (Å²) in [4.78, 5) is 9.17. The van der Waals surface area contributed by atoms with Crippen molar-refractivity contribution < 1.29 is 0 Å². The number of benzene rings is 1. The van der Waals surface area contributed by atoms with Gasteiger partial charge in [-0.2, -0.15) is 4.98 Å². The molecule has 1 aromatic heterocycles. The quantitative estimate of drug-likeness (QED) is 0.873. The topological polar surface area (TPSA) is 49.8 Å². The van der Waals surface area contributed by atoms with E-state index in [9.17, 15) is 0 Å². The lowest BCUT2D eigenvalue weighted by Crippen LogP contribution is -2.25. The highest BCUT2D eigenvalue weighted by Crippen LogP contribution is 2.46. The molecule has 2 N–H and O–H groups in total. The fourth-order valence-electron chi connectivity index (χ4n) is 2.99. The zero-order chi connectivity index (χ0) is 13.5. The van der Waals surface area contributed by atoms with Crippen LogP contribution in [0.4, 0.5) is 11.8 Å². The summed E-state index contributed by atoms with van der Waals surface area (Å²) in [6.07, 6.45) is 5.48. The van der Waals surface area contributed by atoms with Crippen LogP contribution in [0.1, 0.15) is 25.7 Å². The van der Waals surface area contributed by atoms with Gasteiger partial charge in [-0.1, -0.05) is 12.1 Å². The Morgan fingerprint density at radius 3 is 2.40 bits per heavy atom. The normalized spacial score (nSPS) is 18.5. The molecule has 1 aromatic carbocycles. The van der Waals surface area contributed by atoms with Crippen molar-refractivity contribution in [1.29, 1.82) is 0 Å². The molecule has 4 nitrogen and oxygen atoms in total. The molecule has 0 saturated heterocycles. The van der Waals surface area contributed by atoms with Gasteiger partial charge in [0, 0.05) is 18.5 Å². The Bertz CT molecular complexity index is 619. The van der Waals surface area contributed by atoms with Crippen molar-refractivity contribution >= 4 is 22.7 Å². The number of aromatic nitrogens is 2. The first-order chi connectivity index (χ1) is 9.85. The van der Waals surface area contributed by atoms with Crippen LogP contribution in [-0.2, 0) is 0 Å². The number of para-hydroxylation sites is 1. The number of anilines is 2. The fourth-order valence-corrected chi connectivity index (χ4v) is 2.99. The lowest BCUT2D eigenvalue weighted by atomic mass is 10.1. The molecular weight excluding hydrogens is 248 g/mol. The van der Waals surface area contributed by atoms with Crippen molar-refractivity contribution in [2.75, 3.05) is 17.7 Å². The molecular formula is C16H20N4. The Balaban J connectivity index is 1.73. The van der Waals surface area contributed by atoms with Gasteiger partial charge >= 0.3 is 0 Å². The van der Waals surface area contributed by atoms with Crippen LogP contribution in [-0.4, -0.2) is 23.1 Å². The maximum absolute atomic E-state index is 4.65. The summed E-state index contributed by atoms with van der Waals surface area (Å²) in [7, 11) is 1.87. The molecule has 2 aliphatic carbocycles. The predicted octanol–water partition coefficient (Wildman–Crippen LogP) is 3.27.